The van der Waals surface area contributed by atoms with E-state index >= 15 is 0 Å². The molecule has 2 aliphatic rings. The third-order valence-electron chi connectivity index (χ3n) is 5.55. The predicted octanol–water partition coefficient (Wildman–Crippen LogP) is 3.25. The third kappa shape index (κ3) is 6.57. The number of aliphatic hydroxyl groups is 1. The normalized spacial score (nSPS) is 17.9. The number of carbonyl (C=O) groups is 1. The molecule has 2 aliphatic carbocycles. The van der Waals surface area contributed by atoms with Crippen LogP contribution in [-0.4, -0.2) is 47.9 Å². The summed E-state index contributed by atoms with van der Waals surface area (Å²) >= 11 is 0. The first-order valence-corrected chi connectivity index (χ1v) is 11.5. The van der Waals surface area contributed by atoms with Gasteiger partial charge in [-0.15, -0.1) is 0 Å². The van der Waals surface area contributed by atoms with Crippen molar-refractivity contribution in [3.8, 4) is 0 Å². The van der Waals surface area contributed by atoms with E-state index in [1.54, 1.807) is 12.2 Å². The van der Waals surface area contributed by atoms with Gasteiger partial charge in [0.15, 0.2) is 0 Å². The lowest BCUT2D eigenvalue weighted by Crippen LogP contribution is -2.43. The molecule has 0 saturated heterocycles. The zero-order valence-corrected chi connectivity index (χ0v) is 19.9. The molecule has 33 heavy (non-hydrogen) atoms. The molecule has 3 rings (SSSR count). The van der Waals surface area contributed by atoms with Gasteiger partial charge in [-0.05, 0) is 43.9 Å². The minimum atomic E-state index is -0.424. The Balaban J connectivity index is 2.05. The summed E-state index contributed by atoms with van der Waals surface area (Å²) < 4.78 is 4.70. The van der Waals surface area contributed by atoms with Crippen LogP contribution in [0.15, 0.2) is 47.8 Å². The van der Waals surface area contributed by atoms with Crippen LogP contribution in [0.4, 0.5) is 10.6 Å². The SMILES string of the molecule is CCCN(CC(C)CNC(=O)OC)c1nc(C2C=CC=CC(O)=C2)nc2c1=CCC=C(C)C=2. The second-order valence-electron chi connectivity index (χ2n) is 8.52. The van der Waals surface area contributed by atoms with Gasteiger partial charge in [-0.25, -0.2) is 14.8 Å². The van der Waals surface area contributed by atoms with Crippen molar-refractivity contribution in [3.63, 3.8) is 0 Å². The van der Waals surface area contributed by atoms with Gasteiger partial charge in [-0.3, -0.25) is 0 Å². The van der Waals surface area contributed by atoms with Crippen LogP contribution in [-0.2, 0) is 4.74 Å². The Morgan fingerprint density at radius 3 is 2.91 bits per heavy atom. The lowest BCUT2D eigenvalue weighted by atomic mass is 10.1. The molecule has 2 N–H and O–H groups in total. The molecule has 7 nitrogen and oxygen atoms in total. The molecule has 176 valence electrons. The maximum absolute atomic E-state index is 11.5. The second-order valence-corrected chi connectivity index (χ2v) is 8.52. The number of methoxy groups -OCH3 is 1. The van der Waals surface area contributed by atoms with Gasteiger partial charge < -0.3 is 20.1 Å². The molecular weight excluding hydrogens is 416 g/mol. The number of hydrogen-bond acceptors (Lipinski definition) is 6. The highest BCUT2D eigenvalue weighted by Gasteiger charge is 2.19. The summed E-state index contributed by atoms with van der Waals surface area (Å²) in [6.45, 7) is 8.39. The molecule has 7 heteroatoms. The van der Waals surface area contributed by atoms with Crippen molar-refractivity contribution in [3.05, 3.63) is 64.2 Å². The van der Waals surface area contributed by atoms with Crippen molar-refractivity contribution < 1.29 is 14.6 Å². The Morgan fingerprint density at radius 1 is 1.33 bits per heavy atom. The Kier molecular flexibility index (Phi) is 8.46. The lowest BCUT2D eigenvalue weighted by Gasteiger charge is -2.28. The standard InChI is InChI=1S/C26H34N4O3/c1-5-13-30(17-19(3)16-27-26(32)33-4)25-22-12-8-9-18(2)14-23(22)28-24(29-25)20-10-6-7-11-21(31)15-20/h6-7,9-12,14-15,19-20,31H,5,8,13,16-17H2,1-4H3,(H,27,32). The van der Waals surface area contributed by atoms with E-state index in [4.69, 9.17) is 14.7 Å². The van der Waals surface area contributed by atoms with Crippen LogP contribution in [0.25, 0.3) is 12.2 Å². The molecule has 1 aromatic heterocycles. The van der Waals surface area contributed by atoms with Crippen molar-refractivity contribution in [1.29, 1.82) is 0 Å². The molecule has 0 bridgehead atoms. The van der Waals surface area contributed by atoms with Crippen molar-refractivity contribution in [2.75, 3.05) is 31.6 Å². The van der Waals surface area contributed by atoms with E-state index in [2.05, 4.69) is 49.2 Å². The number of hydrogen-bond donors (Lipinski definition) is 2. The number of anilines is 1. The summed E-state index contributed by atoms with van der Waals surface area (Å²) in [7, 11) is 1.37. The van der Waals surface area contributed by atoms with Gasteiger partial charge in [-0.2, -0.15) is 0 Å². The maximum atomic E-state index is 11.5. The van der Waals surface area contributed by atoms with Crippen molar-refractivity contribution in [2.24, 2.45) is 5.92 Å². The van der Waals surface area contributed by atoms with Crippen molar-refractivity contribution in [2.45, 2.75) is 39.5 Å². The van der Waals surface area contributed by atoms with E-state index < -0.39 is 6.09 Å². The first-order chi connectivity index (χ1) is 15.9. The molecule has 1 amide bonds. The fourth-order valence-electron chi connectivity index (χ4n) is 3.94. The number of aliphatic hydroxyl groups excluding tert-OH is 1. The first-order valence-electron chi connectivity index (χ1n) is 11.5. The molecule has 0 spiro atoms. The highest BCUT2D eigenvalue weighted by Crippen LogP contribution is 2.20. The first kappa shape index (κ1) is 24.3. The van der Waals surface area contributed by atoms with Crippen molar-refractivity contribution >= 4 is 24.1 Å². The summed E-state index contributed by atoms with van der Waals surface area (Å²) in [5.74, 6) is 1.69. The van der Waals surface area contributed by atoms with Crippen molar-refractivity contribution in [1.82, 2.24) is 15.3 Å². The van der Waals surface area contributed by atoms with Crippen LogP contribution in [0.1, 0.15) is 45.4 Å². The number of ether oxygens (including phenoxy) is 1. The molecular formula is C26H34N4O3. The average molecular weight is 451 g/mol. The topological polar surface area (TPSA) is 87.6 Å². The summed E-state index contributed by atoms with van der Waals surface area (Å²) in [6, 6.07) is 0. The van der Waals surface area contributed by atoms with Crippen LogP contribution in [0.5, 0.6) is 0 Å². The second kappa shape index (κ2) is 11.5. The van der Waals surface area contributed by atoms with E-state index in [0.717, 1.165) is 47.9 Å². The van der Waals surface area contributed by atoms with Gasteiger partial charge in [0.05, 0.1) is 18.4 Å². The number of allylic oxidation sites excluding steroid dienone is 7. The van der Waals surface area contributed by atoms with Gasteiger partial charge >= 0.3 is 6.09 Å². The number of amides is 1. The fourth-order valence-corrected chi connectivity index (χ4v) is 3.94. The molecule has 0 aromatic carbocycles. The monoisotopic (exact) mass is 450 g/mol. The molecule has 0 fully saturated rings. The van der Waals surface area contributed by atoms with Crippen LogP contribution in [0, 0.1) is 5.92 Å². The van der Waals surface area contributed by atoms with E-state index in [-0.39, 0.29) is 17.6 Å². The van der Waals surface area contributed by atoms with Gasteiger partial charge in [0.25, 0.3) is 0 Å². The number of nitrogens with zero attached hydrogens (tertiary/aromatic N) is 3. The predicted molar refractivity (Wildman–Crippen MR) is 132 cm³/mol. The number of alkyl carbamates (subject to hydrolysis) is 1. The molecule has 2 atom stereocenters. The van der Waals surface area contributed by atoms with Gasteiger partial charge in [0, 0.05) is 24.9 Å². The molecule has 0 aliphatic heterocycles. The summed E-state index contributed by atoms with van der Waals surface area (Å²) in [4.78, 5) is 23.7. The average Bonchev–Trinajstić information content (AvgIpc) is 3.13. The highest BCUT2D eigenvalue weighted by molar-refractivity contribution is 5.66. The van der Waals surface area contributed by atoms with E-state index in [1.165, 1.54) is 7.11 Å². The molecule has 0 saturated carbocycles. The summed E-state index contributed by atoms with van der Waals surface area (Å²) in [5, 5.41) is 14.9. The number of carbonyl (C=O) groups excluding carboxylic acids is 1. The minimum absolute atomic E-state index is 0.185. The maximum Gasteiger partial charge on any atom is 0.406 e. The van der Waals surface area contributed by atoms with Gasteiger partial charge in [-0.1, -0.05) is 49.8 Å². The molecule has 1 heterocycles. The Bertz CT molecular complexity index is 1100. The fraction of sp³-hybridized carbons (Fsp3) is 0.423. The number of aromatic nitrogens is 2. The van der Waals surface area contributed by atoms with Gasteiger partial charge in [0.2, 0.25) is 0 Å². The van der Waals surface area contributed by atoms with E-state index in [1.807, 2.05) is 18.2 Å². The largest absolute Gasteiger partial charge is 0.508 e. The van der Waals surface area contributed by atoms with Gasteiger partial charge in [0.1, 0.15) is 17.4 Å². The molecule has 0 radical (unpaired) electrons. The molecule has 2 unspecified atom stereocenters. The summed E-state index contributed by atoms with van der Waals surface area (Å²) in [6.07, 6.45) is 16.9. The molecule has 1 aromatic rings. The smallest absolute Gasteiger partial charge is 0.406 e. The zero-order chi connectivity index (χ0) is 23.8. The van der Waals surface area contributed by atoms with E-state index in [9.17, 15) is 9.90 Å². The quantitative estimate of drug-likeness (QED) is 0.632. The van der Waals surface area contributed by atoms with E-state index in [0.29, 0.717) is 12.4 Å². The minimum Gasteiger partial charge on any atom is -0.508 e. The number of nitrogens with one attached hydrogen (secondary N) is 1. The Labute approximate surface area is 195 Å². The van der Waals surface area contributed by atoms with Crippen LogP contribution in [0.3, 0.4) is 0 Å². The zero-order valence-electron chi connectivity index (χ0n) is 19.9. The number of rotatable bonds is 8. The Hall–Kier alpha value is -3.35. The lowest BCUT2D eigenvalue weighted by molar-refractivity contribution is 0.169. The number of fused-ring (bicyclic) bond motifs is 1. The highest BCUT2D eigenvalue weighted by atomic mass is 16.5. The van der Waals surface area contributed by atoms with Crippen LogP contribution >= 0.6 is 0 Å². The third-order valence-corrected chi connectivity index (χ3v) is 5.55. The van der Waals surface area contributed by atoms with Crippen LogP contribution in [0.2, 0.25) is 0 Å². The Morgan fingerprint density at radius 2 is 2.15 bits per heavy atom. The van der Waals surface area contributed by atoms with Crippen LogP contribution < -0.4 is 20.8 Å². The summed E-state index contributed by atoms with van der Waals surface area (Å²) in [5.41, 5.74) is 1.16.